The Morgan fingerprint density at radius 1 is 1.67 bits per heavy atom. The van der Waals surface area contributed by atoms with Crippen molar-refractivity contribution in [2.75, 3.05) is 13.6 Å². The lowest BCUT2D eigenvalue weighted by molar-refractivity contribution is 0.408. The summed E-state index contributed by atoms with van der Waals surface area (Å²) in [6.45, 7) is 5.08. The third kappa shape index (κ3) is 1.40. The number of nitrogens with zero attached hydrogens (tertiary/aromatic N) is 1. The molecule has 0 bridgehead atoms. The molecule has 2 atom stereocenters. The van der Waals surface area contributed by atoms with Crippen molar-refractivity contribution in [3.63, 3.8) is 0 Å². The number of rotatable bonds is 2. The Labute approximate surface area is 74.8 Å². The fraction of sp³-hybridized carbons (Fsp3) is 0.636. The third-order valence-electron chi connectivity index (χ3n) is 2.98. The van der Waals surface area contributed by atoms with Crippen molar-refractivity contribution in [3.8, 4) is 0 Å². The van der Waals surface area contributed by atoms with Crippen molar-refractivity contribution < 1.29 is 0 Å². The van der Waals surface area contributed by atoms with Crippen LogP contribution in [0.1, 0.15) is 19.3 Å². The van der Waals surface area contributed by atoms with E-state index in [1.807, 2.05) is 0 Å². The zero-order valence-corrected chi connectivity index (χ0v) is 7.79. The molecule has 0 saturated heterocycles. The first-order chi connectivity index (χ1) is 5.81. The number of hydrogen-bond donors (Lipinski definition) is 0. The highest BCUT2D eigenvalue weighted by atomic mass is 15.1. The minimum atomic E-state index is 0.794. The highest BCUT2D eigenvalue weighted by Gasteiger charge is 2.37. The molecule has 1 heterocycles. The monoisotopic (exact) mass is 163 g/mol. The molecule has 0 amide bonds. The summed E-state index contributed by atoms with van der Waals surface area (Å²) in [7, 11) is 2.17. The van der Waals surface area contributed by atoms with E-state index in [1.54, 1.807) is 5.57 Å². The predicted molar refractivity (Wildman–Crippen MR) is 51.7 cm³/mol. The van der Waals surface area contributed by atoms with Gasteiger partial charge in [0.15, 0.2) is 0 Å². The molecular formula is C11H17N. The Balaban J connectivity index is 2.00. The van der Waals surface area contributed by atoms with Gasteiger partial charge in [-0.25, -0.2) is 0 Å². The van der Waals surface area contributed by atoms with Crippen LogP contribution in [0.2, 0.25) is 0 Å². The average Bonchev–Trinajstić information content (AvgIpc) is 2.83. The summed E-state index contributed by atoms with van der Waals surface area (Å²) in [5.41, 5.74) is 1.66. The van der Waals surface area contributed by atoms with E-state index in [4.69, 9.17) is 0 Å². The maximum absolute atomic E-state index is 3.85. The molecule has 66 valence electrons. The molecule has 12 heavy (non-hydrogen) atoms. The summed E-state index contributed by atoms with van der Waals surface area (Å²) < 4.78 is 0. The van der Waals surface area contributed by atoms with E-state index in [1.165, 1.54) is 25.8 Å². The molecule has 1 fully saturated rings. The molecule has 0 N–H and O–H groups in total. The summed E-state index contributed by atoms with van der Waals surface area (Å²) in [6.07, 6.45) is 8.46. The third-order valence-corrected chi connectivity index (χ3v) is 2.98. The minimum absolute atomic E-state index is 0.794. The maximum atomic E-state index is 3.85. The zero-order valence-electron chi connectivity index (χ0n) is 7.79. The second-order valence-corrected chi connectivity index (χ2v) is 4.03. The van der Waals surface area contributed by atoms with E-state index in [2.05, 4.69) is 30.8 Å². The van der Waals surface area contributed by atoms with Gasteiger partial charge in [-0.2, -0.15) is 0 Å². The van der Waals surface area contributed by atoms with E-state index < -0.39 is 0 Å². The summed E-state index contributed by atoms with van der Waals surface area (Å²) in [5, 5.41) is 0. The fourth-order valence-corrected chi connectivity index (χ4v) is 2.13. The molecule has 0 aromatic carbocycles. The molecule has 1 aliphatic carbocycles. The van der Waals surface area contributed by atoms with E-state index in [-0.39, 0.29) is 0 Å². The van der Waals surface area contributed by atoms with E-state index in [9.17, 15) is 0 Å². The van der Waals surface area contributed by atoms with Crippen molar-refractivity contribution in [2.24, 2.45) is 11.8 Å². The van der Waals surface area contributed by atoms with Crippen LogP contribution >= 0.6 is 0 Å². The van der Waals surface area contributed by atoms with Gasteiger partial charge in [0.25, 0.3) is 0 Å². The van der Waals surface area contributed by atoms with Gasteiger partial charge in [0.1, 0.15) is 0 Å². The smallest absolute Gasteiger partial charge is 0.0172 e. The standard InChI is InChI=1S/C11H17N/c1-3-9-7-11(9)10-5-4-6-12(2)8-10/h3,8-9,11H,1,4-7H2,2H3. The van der Waals surface area contributed by atoms with Crippen LogP contribution in [0.5, 0.6) is 0 Å². The van der Waals surface area contributed by atoms with Gasteiger partial charge in [-0.3, -0.25) is 0 Å². The van der Waals surface area contributed by atoms with Crippen LogP contribution in [-0.4, -0.2) is 18.5 Å². The summed E-state index contributed by atoms with van der Waals surface area (Å²) in [4.78, 5) is 2.32. The normalized spacial score (nSPS) is 34.4. The molecule has 0 spiro atoms. The quantitative estimate of drug-likeness (QED) is 0.565. The van der Waals surface area contributed by atoms with Crippen LogP contribution < -0.4 is 0 Å². The molecule has 2 rings (SSSR count). The lowest BCUT2D eigenvalue weighted by Crippen LogP contribution is -2.18. The van der Waals surface area contributed by atoms with Gasteiger partial charge in [-0.05, 0) is 37.3 Å². The van der Waals surface area contributed by atoms with Crippen LogP contribution in [0.4, 0.5) is 0 Å². The van der Waals surface area contributed by atoms with Gasteiger partial charge in [-0.15, -0.1) is 6.58 Å². The Morgan fingerprint density at radius 3 is 3.08 bits per heavy atom. The molecular weight excluding hydrogens is 146 g/mol. The molecule has 1 nitrogen and oxygen atoms in total. The lowest BCUT2D eigenvalue weighted by atomic mass is 10.0. The molecule has 0 aromatic rings. The van der Waals surface area contributed by atoms with Crippen LogP contribution in [0.15, 0.2) is 24.4 Å². The van der Waals surface area contributed by atoms with E-state index >= 15 is 0 Å². The number of allylic oxidation sites excluding steroid dienone is 2. The molecule has 0 radical (unpaired) electrons. The van der Waals surface area contributed by atoms with Crippen molar-refractivity contribution in [2.45, 2.75) is 19.3 Å². The Hall–Kier alpha value is -0.720. The van der Waals surface area contributed by atoms with Gasteiger partial charge in [0.05, 0.1) is 0 Å². The fourth-order valence-electron chi connectivity index (χ4n) is 2.13. The molecule has 1 saturated carbocycles. The molecule has 2 aliphatic rings. The summed E-state index contributed by atoms with van der Waals surface area (Å²) in [6, 6.07) is 0. The highest BCUT2D eigenvalue weighted by molar-refractivity contribution is 5.20. The van der Waals surface area contributed by atoms with E-state index in [0.29, 0.717) is 0 Å². The van der Waals surface area contributed by atoms with Crippen LogP contribution in [0.25, 0.3) is 0 Å². The highest BCUT2D eigenvalue weighted by Crippen LogP contribution is 2.46. The van der Waals surface area contributed by atoms with Crippen molar-refractivity contribution in [3.05, 3.63) is 24.4 Å². The van der Waals surface area contributed by atoms with Crippen LogP contribution in [0, 0.1) is 11.8 Å². The first-order valence-electron chi connectivity index (χ1n) is 4.84. The first-order valence-corrected chi connectivity index (χ1v) is 4.84. The van der Waals surface area contributed by atoms with Crippen LogP contribution in [-0.2, 0) is 0 Å². The largest absolute Gasteiger partial charge is 0.380 e. The predicted octanol–water partition coefficient (Wildman–Crippen LogP) is 2.42. The molecule has 1 heteroatoms. The zero-order chi connectivity index (χ0) is 8.55. The average molecular weight is 163 g/mol. The van der Waals surface area contributed by atoms with Gasteiger partial charge in [0.2, 0.25) is 0 Å². The Kier molecular flexibility index (Phi) is 1.95. The van der Waals surface area contributed by atoms with Gasteiger partial charge < -0.3 is 4.90 Å². The first kappa shape index (κ1) is 7.90. The Bertz CT molecular complexity index is 217. The SMILES string of the molecule is C=CC1CC1C1=CN(C)CCC1. The van der Waals surface area contributed by atoms with Crippen molar-refractivity contribution in [1.29, 1.82) is 0 Å². The summed E-state index contributed by atoms with van der Waals surface area (Å²) in [5.74, 6) is 1.65. The van der Waals surface area contributed by atoms with Crippen molar-refractivity contribution in [1.82, 2.24) is 4.90 Å². The van der Waals surface area contributed by atoms with Crippen molar-refractivity contribution >= 4 is 0 Å². The maximum Gasteiger partial charge on any atom is 0.0172 e. The topological polar surface area (TPSA) is 3.24 Å². The lowest BCUT2D eigenvalue weighted by Gasteiger charge is -2.22. The van der Waals surface area contributed by atoms with Gasteiger partial charge in [0, 0.05) is 13.6 Å². The number of hydrogen-bond acceptors (Lipinski definition) is 1. The second kappa shape index (κ2) is 2.96. The van der Waals surface area contributed by atoms with E-state index in [0.717, 1.165) is 11.8 Å². The van der Waals surface area contributed by atoms with Gasteiger partial charge >= 0.3 is 0 Å². The molecule has 2 unspecified atom stereocenters. The molecule has 0 aromatic heterocycles. The molecule has 1 aliphatic heterocycles. The van der Waals surface area contributed by atoms with Gasteiger partial charge in [-0.1, -0.05) is 11.6 Å². The summed E-state index contributed by atoms with van der Waals surface area (Å²) >= 11 is 0. The minimum Gasteiger partial charge on any atom is -0.380 e. The second-order valence-electron chi connectivity index (χ2n) is 4.03. The van der Waals surface area contributed by atoms with Crippen LogP contribution in [0.3, 0.4) is 0 Å². The Morgan fingerprint density at radius 2 is 2.50 bits per heavy atom.